The van der Waals surface area contributed by atoms with Crippen LogP contribution in [0, 0.1) is 5.92 Å². The lowest BCUT2D eigenvalue weighted by molar-refractivity contribution is 0.139. The molecule has 4 rings (SSSR count). The molecule has 0 spiro atoms. The van der Waals surface area contributed by atoms with Gasteiger partial charge in [-0.1, -0.05) is 18.2 Å². The van der Waals surface area contributed by atoms with Gasteiger partial charge in [-0.2, -0.15) is 0 Å². The number of para-hydroxylation sites is 1. The van der Waals surface area contributed by atoms with E-state index in [1.807, 2.05) is 42.5 Å². The van der Waals surface area contributed by atoms with Gasteiger partial charge in [0.2, 0.25) is 0 Å². The third kappa shape index (κ3) is 4.02. The van der Waals surface area contributed by atoms with Crippen LogP contribution in [0.25, 0.3) is 10.9 Å². The number of hydrogen-bond donors (Lipinski definition) is 1. The highest BCUT2D eigenvalue weighted by atomic mass is 16.5. The number of piperidine rings is 1. The lowest BCUT2D eigenvalue weighted by Crippen LogP contribution is -2.37. The third-order valence-electron chi connectivity index (χ3n) is 5.35. The van der Waals surface area contributed by atoms with Crippen LogP contribution in [0.2, 0.25) is 0 Å². The molecule has 4 heteroatoms. The molecule has 0 atom stereocenters. The van der Waals surface area contributed by atoms with Gasteiger partial charge in [-0.25, -0.2) is 0 Å². The van der Waals surface area contributed by atoms with E-state index >= 15 is 0 Å². The van der Waals surface area contributed by atoms with Crippen LogP contribution in [0.4, 0.5) is 0 Å². The molecule has 1 aromatic heterocycles. The van der Waals surface area contributed by atoms with Crippen molar-refractivity contribution >= 4 is 10.9 Å². The van der Waals surface area contributed by atoms with E-state index in [0.717, 1.165) is 43.9 Å². The second-order valence-electron chi connectivity index (χ2n) is 7.16. The van der Waals surface area contributed by atoms with Crippen molar-refractivity contribution in [3.63, 3.8) is 0 Å². The molecule has 1 aliphatic heterocycles. The van der Waals surface area contributed by atoms with E-state index in [9.17, 15) is 5.11 Å². The van der Waals surface area contributed by atoms with E-state index in [2.05, 4.69) is 21.7 Å². The van der Waals surface area contributed by atoms with Crippen LogP contribution in [-0.4, -0.2) is 40.8 Å². The Labute approximate surface area is 154 Å². The van der Waals surface area contributed by atoms with Crippen LogP contribution in [0.5, 0.6) is 11.5 Å². The van der Waals surface area contributed by atoms with E-state index in [4.69, 9.17) is 4.74 Å². The van der Waals surface area contributed by atoms with Gasteiger partial charge in [0.25, 0.3) is 0 Å². The maximum absolute atomic E-state index is 9.59. The maximum Gasteiger partial charge on any atom is 0.119 e. The molecule has 0 amide bonds. The minimum atomic E-state index is 0.329. The van der Waals surface area contributed by atoms with Crippen molar-refractivity contribution in [3.8, 4) is 11.5 Å². The topological polar surface area (TPSA) is 37.6 Å². The molecule has 2 heterocycles. The Morgan fingerprint density at radius 1 is 0.962 bits per heavy atom. The Morgan fingerprint density at radius 2 is 1.77 bits per heavy atom. The number of likely N-dealkylation sites (tertiary alicyclic amines) is 1. The normalized spacial score (nSPS) is 16.2. The molecule has 26 heavy (non-hydrogen) atoms. The number of nitrogens with zero attached hydrogens (tertiary/aromatic N) is 2. The van der Waals surface area contributed by atoms with Crippen LogP contribution in [-0.2, 0) is 6.54 Å². The number of aromatic hydroxyl groups is 1. The molecule has 1 N–H and O–H groups in total. The van der Waals surface area contributed by atoms with Gasteiger partial charge < -0.3 is 19.3 Å². The summed E-state index contributed by atoms with van der Waals surface area (Å²) < 4.78 is 8.19. The number of rotatable bonds is 6. The molecule has 4 nitrogen and oxygen atoms in total. The highest BCUT2D eigenvalue weighted by Crippen LogP contribution is 2.22. The summed E-state index contributed by atoms with van der Waals surface area (Å²) in [5.41, 5.74) is 1.19. The first-order valence-electron chi connectivity index (χ1n) is 9.46. The van der Waals surface area contributed by atoms with Crippen LogP contribution in [0.1, 0.15) is 12.8 Å². The fourth-order valence-electron chi connectivity index (χ4n) is 3.74. The number of fused-ring (bicyclic) bond motifs is 1. The van der Waals surface area contributed by atoms with E-state index in [1.54, 1.807) is 6.07 Å². The number of benzene rings is 2. The van der Waals surface area contributed by atoms with Crippen LogP contribution in [0.15, 0.2) is 60.8 Å². The monoisotopic (exact) mass is 350 g/mol. The molecule has 1 aliphatic rings. The zero-order valence-electron chi connectivity index (χ0n) is 15.1. The number of ether oxygens (including phenoxy) is 1. The van der Waals surface area contributed by atoms with E-state index < -0.39 is 0 Å². The van der Waals surface area contributed by atoms with Gasteiger partial charge in [-0.05, 0) is 68.2 Å². The molecule has 1 saturated heterocycles. The van der Waals surface area contributed by atoms with Crippen molar-refractivity contribution < 1.29 is 9.84 Å². The Kier molecular flexibility index (Phi) is 5.12. The lowest BCUT2D eigenvalue weighted by atomic mass is 9.98. The van der Waals surface area contributed by atoms with Gasteiger partial charge in [-0.15, -0.1) is 0 Å². The predicted molar refractivity (Wildman–Crippen MR) is 105 cm³/mol. The quantitative estimate of drug-likeness (QED) is 0.726. The molecule has 2 aromatic carbocycles. The molecule has 0 saturated carbocycles. The SMILES string of the molecule is Oc1ccc2c(ccn2CCN2CCC(COc3ccccc3)CC2)c1. The largest absolute Gasteiger partial charge is 0.508 e. The van der Waals surface area contributed by atoms with E-state index in [-0.39, 0.29) is 0 Å². The number of phenols is 1. The van der Waals surface area contributed by atoms with E-state index in [0.29, 0.717) is 11.7 Å². The zero-order chi connectivity index (χ0) is 17.8. The zero-order valence-corrected chi connectivity index (χ0v) is 15.1. The highest BCUT2D eigenvalue weighted by Gasteiger charge is 2.19. The molecule has 0 aliphatic carbocycles. The molecule has 1 fully saturated rings. The molecule has 0 unspecified atom stereocenters. The summed E-state index contributed by atoms with van der Waals surface area (Å²) in [5.74, 6) is 1.96. The summed E-state index contributed by atoms with van der Waals surface area (Å²) in [4.78, 5) is 2.55. The van der Waals surface area contributed by atoms with Gasteiger partial charge in [0.15, 0.2) is 0 Å². The number of phenolic OH excluding ortho intramolecular Hbond substituents is 1. The van der Waals surface area contributed by atoms with Gasteiger partial charge >= 0.3 is 0 Å². The predicted octanol–water partition coefficient (Wildman–Crippen LogP) is 4.14. The molecule has 3 aromatic rings. The van der Waals surface area contributed by atoms with Crippen molar-refractivity contribution in [1.82, 2.24) is 9.47 Å². The van der Waals surface area contributed by atoms with Crippen molar-refractivity contribution in [2.24, 2.45) is 5.92 Å². The smallest absolute Gasteiger partial charge is 0.119 e. The average molecular weight is 350 g/mol. The summed E-state index contributed by atoms with van der Waals surface area (Å²) in [7, 11) is 0. The Balaban J connectivity index is 1.23. The number of aromatic nitrogens is 1. The third-order valence-corrected chi connectivity index (χ3v) is 5.35. The van der Waals surface area contributed by atoms with Crippen molar-refractivity contribution in [2.45, 2.75) is 19.4 Å². The molecule has 136 valence electrons. The second-order valence-corrected chi connectivity index (χ2v) is 7.16. The first-order valence-corrected chi connectivity index (χ1v) is 9.46. The average Bonchev–Trinajstić information content (AvgIpc) is 3.08. The Hall–Kier alpha value is -2.46. The minimum Gasteiger partial charge on any atom is -0.508 e. The summed E-state index contributed by atoms with van der Waals surface area (Å²) in [6, 6.07) is 17.8. The number of hydrogen-bond acceptors (Lipinski definition) is 3. The summed E-state index contributed by atoms with van der Waals surface area (Å²) in [5, 5.41) is 10.7. The second kappa shape index (κ2) is 7.83. The van der Waals surface area contributed by atoms with Gasteiger partial charge in [0.05, 0.1) is 6.61 Å². The van der Waals surface area contributed by atoms with Crippen molar-refractivity contribution in [3.05, 3.63) is 60.8 Å². The first kappa shape index (κ1) is 17.0. The highest BCUT2D eigenvalue weighted by molar-refractivity contribution is 5.81. The minimum absolute atomic E-state index is 0.329. The molecule has 0 radical (unpaired) electrons. The van der Waals surface area contributed by atoms with Crippen molar-refractivity contribution in [1.29, 1.82) is 0 Å². The first-order chi connectivity index (χ1) is 12.8. The Morgan fingerprint density at radius 3 is 2.58 bits per heavy atom. The van der Waals surface area contributed by atoms with E-state index in [1.165, 1.54) is 18.4 Å². The van der Waals surface area contributed by atoms with Crippen LogP contribution >= 0.6 is 0 Å². The summed E-state index contributed by atoms with van der Waals surface area (Å²) in [6.07, 6.45) is 4.52. The maximum atomic E-state index is 9.59. The Bertz CT molecular complexity index is 836. The van der Waals surface area contributed by atoms with Gasteiger partial charge in [0, 0.05) is 30.2 Å². The molecular weight excluding hydrogens is 324 g/mol. The summed E-state index contributed by atoms with van der Waals surface area (Å²) in [6.45, 7) is 5.16. The van der Waals surface area contributed by atoms with Gasteiger partial charge in [-0.3, -0.25) is 0 Å². The van der Waals surface area contributed by atoms with Gasteiger partial charge in [0.1, 0.15) is 11.5 Å². The molecular formula is C22H26N2O2. The fourth-order valence-corrected chi connectivity index (χ4v) is 3.74. The summed E-state index contributed by atoms with van der Waals surface area (Å²) >= 11 is 0. The molecule has 0 bridgehead atoms. The van der Waals surface area contributed by atoms with Crippen LogP contribution < -0.4 is 4.74 Å². The van der Waals surface area contributed by atoms with Crippen LogP contribution in [0.3, 0.4) is 0 Å². The lowest BCUT2D eigenvalue weighted by Gasteiger charge is -2.32. The standard InChI is InChI=1S/C22H26N2O2/c25-20-6-7-22-19(16-20)10-13-24(22)15-14-23-11-8-18(9-12-23)17-26-21-4-2-1-3-5-21/h1-7,10,13,16,18,25H,8-9,11-12,14-15,17H2. The van der Waals surface area contributed by atoms with Crippen molar-refractivity contribution in [2.75, 3.05) is 26.2 Å². The fraction of sp³-hybridized carbons (Fsp3) is 0.364.